The molecule has 1 saturated heterocycles. The number of methoxy groups -OCH3 is 1. The van der Waals surface area contributed by atoms with Gasteiger partial charge in [0.1, 0.15) is 0 Å². The number of nitrogens with zero attached hydrogens (tertiary/aromatic N) is 1. The lowest BCUT2D eigenvalue weighted by molar-refractivity contribution is -0.140. The third kappa shape index (κ3) is 4.22. The Balaban J connectivity index is 2.44. The fourth-order valence-electron chi connectivity index (χ4n) is 1.79. The van der Waals surface area contributed by atoms with Gasteiger partial charge in [-0.1, -0.05) is 6.92 Å². The number of carbonyl (C=O) groups is 2. The normalized spacial score (nSPS) is 18.8. The van der Waals surface area contributed by atoms with Crippen LogP contribution in [0.1, 0.15) is 19.8 Å². The molecule has 1 aliphatic rings. The van der Waals surface area contributed by atoms with Gasteiger partial charge >= 0.3 is 12.0 Å². The summed E-state index contributed by atoms with van der Waals surface area (Å²) in [4.78, 5) is 24.3. The summed E-state index contributed by atoms with van der Waals surface area (Å²) < 4.78 is 4.76. The van der Waals surface area contributed by atoms with E-state index in [1.54, 1.807) is 4.90 Å². The summed E-state index contributed by atoms with van der Waals surface area (Å²) in [6.45, 7) is 3.50. The van der Waals surface area contributed by atoms with E-state index in [9.17, 15) is 9.59 Å². The first kappa shape index (κ1) is 13.8. The SMILES string of the molecule is COCC(NC(=O)N1CCC(C)CC1)C(=O)O. The van der Waals surface area contributed by atoms with Gasteiger partial charge in [-0.3, -0.25) is 0 Å². The van der Waals surface area contributed by atoms with E-state index in [0.717, 1.165) is 12.8 Å². The van der Waals surface area contributed by atoms with Gasteiger partial charge in [-0.05, 0) is 18.8 Å². The van der Waals surface area contributed by atoms with Crippen molar-refractivity contribution in [3.63, 3.8) is 0 Å². The van der Waals surface area contributed by atoms with Gasteiger partial charge in [-0.2, -0.15) is 0 Å². The van der Waals surface area contributed by atoms with Crippen molar-refractivity contribution in [2.75, 3.05) is 26.8 Å². The zero-order chi connectivity index (χ0) is 12.8. The summed E-state index contributed by atoms with van der Waals surface area (Å²) in [5.41, 5.74) is 0. The minimum atomic E-state index is -1.08. The number of urea groups is 1. The molecule has 6 heteroatoms. The maximum absolute atomic E-state index is 11.8. The molecule has 0 saturated carbocycles. The molecule has 0 bridgehead atoms. The van der Waals surface area contributed by atoms with E-state index in [0.29, 0.717) is 19.0 Å². The number of carboxylic acids is 1. The number of likely N-dealkylation sites (tertiary alicyclic amines) is 1. The molecule has 6 nitrogen and oxygen atoms in total. The number of rotatable bonds is 4. The van der Waals surface area contributed by atoms with Crippen LogP contribution in [0, 0.1) is 5.92 Å². The molecule has 1 atom stereocenters. The van der Waals surface area contributed by atoms with Crippen molar-refractivity contribution in [2.24, 2.45) is 5.92 Å². The summed E-state index contributed by atoms with van der Waals surface area (Å²) in [5, 5.41) is 11.3. The molecule has 1 aliphatic heterocycles. The molecule has 0 aliphatic carbocycles. The van der Waals surface area contributed by atoms with Crippen LogP contribution in [0.3, 0.4) is 0 Å². The van der Waals surface area contributed by atoms with Gasteiger partial charge in [0.25, 0.3) is 0 Å². The van der Waals surface area contributed by atoms with Crippen LogP contribution in [0.5, 0.6) is 0 Å². The molecule has 0 spiro atoms. The van der Waals surface area contributed by atoms with E-state index < -0.39 is 12.0 Å². The molecule has 0 radical (unpaired) electrons. The van der Waals surface area contributed by atoms with Gasteiger partial charge in [-0.25, -0.2) is 9.59 Å². The summed E-state index contributed by atoms with van der Waals surface area (Å²) in [6, 6.07) is -1.30. The van der Waals surface area contributed by atoms with E-state index in [-0.39, 0.29) is 12.6 Å². The first-order valence-electron chi connectivity index (χ1n) is 5.81. The largest absolute Gasteiger partial charge is 0.480 e. The van der Waals surface area contributed by atoms with Gasteiger partial charge in [0.15, 0.2) is 6.04 Å². The Bertz CT molecular complexity index is 275. The van der Waals surface area contributed by atoms with Crippen LogP contribution in [0.2, 0.25) is 0 Å². The Morgan fingerprint density at radius 1 is 1.47 bits per heavy atom. The predicted molar refractivity (Wildman–Crippen MR) is 61.8 cm³/mol. The molecule has 1 rings (SSSR count). The number of carboxylic acid groups (broad SMARTS) is 1. The average molecular weight is 244 g/mol. The number of hydrogen-bond acceptors (Lipinski definition) is 3. The first-order valence-corrected chi connectivity index (χ1v) is 5.81. The van der Waals surface area contributed by atoms with Crippen molar-refractivity contribution in [1.82, 2.24) is 10.2 Å². The van der Waals surface area contributed by atoms with Crippen LogP contribution in [0.25, 0.3) is 0 Å². The summed E-state index contributed by atoms with van der Waals surface area (Å²) in [7, 11) is 1.41. The van der Waals surface area contributed by atoms with Crippen LogP contribution >= 0.6 is 0 Å². The second kappa shape index (κ2) is 6.44. The highest BCUT2D eigenvalue weighted by Gasteiger charge is 2.25. The lowest BCUT2D eigenvalue weighted by Gasteiger charge is -2.31. The Labute approximate surface area is 101 Å². The predicted octanol–water partition coefficient (Wildman–Crippen LogP) is 0.527. The zero-order valence-electron chi connectivity index (χ0n) is 10.3. The number of aliphatic carboxylic acids is 1. The van der Waals surface area contributed by atoms with Crippen molar-refractivity contribution in [3.8, 4) is 0 Å². The van der Waals surface area contributed by atoms with Gasteiger partial charge in [0.05, 0.1) is 6.61 Å². The number of hydrogen-bond donors (Lipinski definition) is 2. The van der Waals surface area contributed by atoms with E-state index in [1.165, 1.54) is 7.11 Å². The van der Waals surface area contributed by atoms with Crippen molar-refractivity contribution in [1.29, 1.82) is 0 Å². The highest BCUT2D eigenvalue weighted by molar-refractivity contribution is 5.82. The first-order chi connectivity index (χ1) is 8.04. The van der Waals surface area contributed by atoms with Crippen LogP contribution in [-0.2, 0) is 9.53 Å². The van der Waals surface area contributed by atoms with Crippen LogP contribution in [0.4, 0.5) is 4.79 Å². The quantitative estimate of drug-likeness (QED) is 0.756. The van der Waals surface area contributed by atoms with E-state index in [1.807, 2.05) is 0 Å². The van der Waals surface area contributed by atoms with E-state index in [2.05, 4.69) is 12.2 Å². The van der Waals surface area contributed by atoms with Crippen LogP contribution in [-0.4, -0.2) is 54.9 Å². The number of nitrogens with one attached hydrogen (secondary N) is 1. The molecule has 1 heterocycles. The molecule has 17 heavy (non-hydrogen) atoms. The lowest BCUT2D eigenvalue weighted by Crippen LogP contribution is -2.51. The minimum absolute atomic E-state index is 0.0225. The average Bonchev–Trinajstić information content (AvgIpc) is 2.29. The third-order valence-electron chi connectivity index (χ3n) is 3.00. The van der Waals surface area contributed by atoms with E-state index >= 15 is 0 Å². The smallest absolute Gasteiger partial charge is 0.328 e. The highest BCUT2D eigenvalue weighted by atomic mass is 16.5. The molecular weight excluding hydrogens is 224 g/mol. The molecule has 98 valence electrons. The molecule has 0 aromatic rings. The Hall–Kier alpha value is -1.30. The number of ether oxygens (including phenoxy) is 1. The lowest BCUT2D eigenvalue weighted by atomic mass is 10.00. The number of carbonyl (C=O) groups excluding carboxylic acids is 1. The molecule has 1 fully saturated rings. The monoisotopic (exact) mass is 244 g/mol. The summed E-state index contributed by atoms with van der Waals surface area (Å²) in [6.07, 6.45) is 1.94. The maximum atomic E-state index is 11.8. The van der Waals surface area contributed by atoms with Crippen molar-refractivity contribution >= 4 is 12.0 Å². The zero-order valence-corrected chi connectivity index (χ0v) is 10.3. The third-order valence-corrected chi connectivity index (χ3v) is 3.00. The summed E-state index contributed by atoms with van der Waals surface area (Å²) in [5.74, 6) is -0.445. The Morgan fingerprint density at radius 3 is 2.53 bits per heavy atom. The van der Waals surface area contributed by atoms with Crippen LogP contribution in [0.15, 0.2) is 0 Å². The van der Waals surface area contributed by atoms with Crippen molar-refractivity contribution in [2.45, 2.75) is 25.8 Å². The molecule has 1 unspecified atom stereocenters. The number of amides is 2. The Kier molecular flexibility index (Phi) is 5.21. The summed E-state index contributed by atoms with van der Waals surface area (Å²) >= 11 is 0. The van der Waals surface area contributed by atoms with Gasteiger partial charge in [0, 0.05) is 20.2 Å². The Morgan fingerprint density at radius 2 is 2.06 bits per heavy atom. The topological polar surface area (TPSA) is 78.9 Å². The minimum Gasteiger partial charge on any atom is -0.480 e. The maximum Gasteiger partial charge on any atom is 0.328 e. The fourth-order valence-corrected chi connectivity index (χ4v) is 1.79. The van der Waals surface area contributed by atoms with Gasteiger partial charge < -0.3 is 20.1 Å². The number of piperidine rings is 1. The fraction of sp³-hybridized carbons (Fsp3) is 0.818. The van der Waals surface area contributed by atoms with Crippen molar-refractivity contribution < 1.29 is 19.4 Å². The van der Waals surface area contributed by atoms with Gasteiger partial charge in [0.2, 0.25) is 0 Å². The van der Waals surface area contributed by atoms with Gasteiger partial charge in [-0.15, -0.1) is 0 Å². The molecule has 0 aromatic heterocycles. The second-order valence-electron chi connectivity index (χ2n) is 4.47. The highest BCUT2D eigenvalue weighted by Crippen LogP contribution is 2.15. The molecule has 2 amide bonds. The molecule has 2 N–H and O–H groups in total. The second-order valence-corrected chi connectivity index (χ2v) is 4.47. The van der Waals surface area contributed by atoms with Crippen LogP contribution < -0.4 is 5.32 Å². The van der Waals surface area contributed by atoms with Crippen molar-refractivity contribution in [3.05, 3.63) is 0 Å². The standard InChI is InChI=1S/C11H20N2O4/c1-8-3-5-13(6-4-8)11(16)12-9(7-17-2)10(14)15/h8-9H,3-7H2,1-2H3,(H,12,16)(H,14,15). The van der Waals surface area contributed by atoms with E-state index in [4.69, 9.17) is 9.84 Å². The molecule has 0 aromatic carbocycles. The molecular formula is C11H20N2O4.